The second-order valence-corrected chi connectivity index (χ2v) is 15.7. The maximum absolute atomic E-state index is 7.33. The molecule has 0 spiro atoms. The molecule has 2 aliphatic rings. The van der Waals surface area contributed by atoms with Crippen molar-refractivity contribution in [3.63, 3.8) is 0 Å². The van der Waals surface area contributed by atoms with Crippen molar-refractivity contribution < 1.29 is 9.47 Å². The van der Waals surface area contributed by atoms with Gasteiger partial charge in [0, 0.05) is 50.1 Å². The molecule has 0 unspecified atom stereocenters. The third kappa shape index (κ3) is 4.16. The van der Waals surface area contributed by atoms with Gasteiger partial charge in [-0.3, -0.25) is 4.90 Å². The molecule has 2 aliphatic heterocycles. The molecule has 14 rings (SSSR count). The van der Waals surface area contributed by atoms with Crippen LogP contribution in [0.15, 0.2) is 194 Å². The smallest absolute Gasteiger partial charge is 0.180 e. The summed E-state index contributed by atoms with van der Waals surface area (Å²) in [6, 6.07) is 69.1. The van der Waals surface area contributed by atoms with E-state index in [-0.39, 0.29) is 0 Å². The van der Waals surface area contributed by atoms with Crippen LogP contribution in [0.4, 0.5) is 17.1 Å². The number of ether oxygens (including phenoxy) is 2. The van der Waals surface area contributed by atoms with E-state index < -0.39 is 0 Å². The van der Waals surface area contributed by atoms with Gasteiger partial charge < -0.3 is 23.2 Å². The van der Waals surface area contributed by atoms with Crippen molar-refractivity contribution in [2.45, 2.75) is 0 Å². The lowest BCUT2D eigenvalue weighted by atomic mass is 10.0. The van der Waals surface area contributed by atoms with Gasteiger partial charge in [0.2, 0.25) is 0 Å². The van der Waals surface area contributed by atoms with Crippen molar-refractivity contribution in [1.82, 2.24) is 13.7 Å². The molecule has 5 heterocycles. The van der Waals surface area contributed by atoms with Crippen LogP contribution in [0.25, 0.3) is 82.5 Å². The minimum absolute atomic E-state index is 0.748. The Kier molecular flexibility index (Phi) is 6.20. The zero-order chi connectivity index (χ0) is 39.1. The van der Waals surface area contributed by atoms with Crippen LogP contribution < -0.4 is 14.4 Å². The largest absolute Gasteiger partial charge is 0.453 e. The van der Waals surface area contributed by atoms with Crippen LogP contribution in [0.1, 0.15) is 0 Å². The van der Waals surface area contributed by atoms with Crippen molar-refractivity contribution in [3.8, 4) is 40.1 Å². The molecule has 0 saturated heterocycles. The number of hydrogen-bond acceptors (Lipinski definition) is 3. The van der Waals surface area contributed by atoms with Gasteiger partial charge in [-0.25, -0.2) is 0 Å². The first kappa shape index (κ1) is 31.8. The number of fused-ring (bicyclic) bond motifs is 14. The SMILES string of the molecule is c1ccc(-n2c3ccccc3c3cc4c5c(c32)Oc2cc(-n3c6ccccc6c6ccccc63)ccc2N5c2ccc(-n3c5ccccc5c5ccccc53)cc2O4)cc1. The predicted octanol–water partition coefficient (Wildman–Crippen LogP) is 14.7. The molecule has 0 amide bonds. The summed E-state index contributed by atoms with van der Waals surface area (Å²) in [6.07, 6.45) is 0. The third-order valence-electron chi connectivity index (χ3n) is 12.6. The number of benzene rings is 9. The Morgan fingerprint density at radius 1 is 0.300 bits per heavy atom. The van der Waals surface area contributed by atoms with Gasteiger partial charge in [-0.1, -0.05) is 109 Å². The van der Waals surface area contributed by atoms with Gasteiger partial charge in [0.25, 0.3) is 0 Å². The maximum atomic E-state index is 7.33. The number of para-hydroxylation sites is 6. The van der Waals surface area contributed by atoms with Crippen molar-refractivity contribution in [2.75, 3.05) is 4.90 Å². The quantitative estimate of drug-likeness (QED) is 0.180. The van der Waals surface area contributed by atoms with Gasteiger partial charge in [0.05, 0.1) is 55.8 Å². The standard InChI is InChI=1S/C54H32N4O2/c1-2-14-33(15-3-1)57-46-25-13-8-20-40(46)41-32-51-53-54(52(41)57)60-50-31-35(56-44-23-11-6-18-38(44)39-19-7-12-24-45(39)56)27-29-48(50)58(53)47-28-26-34(30-49(47)59-51)55-42-21-9-4-16-36(42)37-17-5-10-22-43(37)55/h1-32H. The van der Waals surface area contributed by atoms with E-state index in [2.05, 4.69) is 213 Å². The van der Waals surface area contributed by atoms with Crippen LogP contribution in [-0.2, 0) is 0 Å². The van der Waals surface area contributed by atoms with E-state index in [0.717, 1.165) is 101 Å². The summed E-state index contributed by atoms with van der Waals surface area (Å²) >= 11 is 0. The van der Waals surface area contributed by atoms with Gasteiger partial charge in [-0.05, 0) is 72.8 Å². The second-order valence-electron chi connectivity index (χ2n) is 15.7. The highest BCUT2D eigenvalue weighted by molar-refractivity contribution is 6.16. The zero-order valence-corrected chi connectivity index (χ0v) is 32.1. The van der Waals surface area contributed by atoms with Gasteiger partial charge in [-0.15, -0.1) is 0 Å². The molecular weight excluding hydrogens is 737 g/mol. The highest BCUT2D eigenvalue weighted by Gasteiger charge is 2.38. The number of aromatic nitrogens is 3. The number of rotatable bonds is 3. The van der Waals surface area contributed by atoms with Crippen LogP contribution in [0.3, 0.4) is 0 Å². The highest BCUT2D eigenvalue weighted by atomic mass is 16.5. The third-order valence-corrected chi connectivity index (χ3v) is 12.6. The van der Waals surface area contributed by atoms with Crippen LogP contribution in [0.2, 0.25) is 0 Å². The predicted molar refractivity (Wildman–Crippen MR) is 244 cm³/mol. The number of anilines is 3. The van der Waals surface area contributed by atoms with Crippen LogP contribution >= 0.6 is 0 Å². The number of hydrogen-bond donors (Lipinski definition) is 0. The molecule has 60 heavy (non-hydrogen) atoms. The molecule has 0 saturated carbocycles. The molecule has 3 aromatic heterocycles. The first-order valence-electron chi connectivity index (χ1n) is 20.4. The van der Waals surface area contributed by atoms with E-state index in [1.165, 1.54) is 21.5 Å². The first-order valence-corrected chi connectivity index (χ1v) is 20.4. The van der Waals surface area contributed by atoms with Crippen LogP contribution in [0.5, 0.6) is 23.0 Å². The van der Waals surface area contributed by atoms with Crippen molar-refractivity contribution in [2.24, 2.45) is 0 Å². The van der Waals surface area contributed by atoms with E-state index in [4.69, 9.17) is 9.47 Å². The topological polar surface area (TPSA) is 36.5 Å². The Bertz CT molecular complexity index is 3680. The summed E-state index contributed by atoms with van der Waals surface area (Å²) < 4.78 is 21.5. The van der Waals surface area contributed by atoms with E-state index in [1.807, 2.05) is 0 Å². The maximum Gasteiger partial charge on any atom is 0.180 e. The Hall–Kier alpha value is -8.22. The van der Waals surface area contributed by atoms with E-state index >= 15 is 0 Å². The summed E-state index contributed by atoms with van der Waals surface area (Å²) in [5.41, 5.74) is 12.6. The van der Waals surface area contributed by atoms with Gasteiger partial charge in [-0.2, -0.15) is 0 Å². The lowest BCUT2D eigenvalue weighted by Gasteiger charge is -2.38. The molecular formula is C54H32N4O2. The van der Waals surface area contributed by atoms with E-state index in [0.29, 0.717) is 0 Å². The Balaban J connectivity index is 1.05. The average Bonchev–Trinajstić information content (AvgIpc) is 3.95. The fourth-order valence-electron chi connectivity index (χ4n) is 10.1. The van der Waals surface area contributed by atoms with Crippen molar-refractivity contribution in [1.29, 1.82) is 0 Å². The molecule has 6 nitrogen and oxygen atoms in total. The normalized spacial score (nSPS) is 12.9. The van der Waals surface area contributed by atoms with Gasteiger partial charge in [0.1, 0.15) is 5.69 Å². The molecule has 0 atom stereocenters. The summed E-state index contributed by atoms with van der Waals surface area (Å²) in [6.45, 7) is 0. The summed E-state index contributed by atoms with van der Waals surface area (Å²) in [5, 5.41) is 7.07. The minimum Gasteiger partial charge on any atom is -0.453 e. The van der Waals surface area contributed by atoms with Crippen molar-refractivity contribution >= 4 is 82.5 Å². The first-order chi connectivity index (χ1) is 29.8. The Morgan fingerprint density at radius 3 is 1.22 bits per heavy atom. The summed E-state index contributed by atoms with van der Waals surface area (Å²) in [4.78, 5) is 2.35. The number of nitrogens with zero attached hydrogens (tertiary/aromatic N) is 4. The average molecular weight is 769 g/mol. The van der Waals surface area contributed by atoms with Crippen LogP contribution in [0, 0.1) is 0 Å². The lowest BCUT2D eigenvalue weighted by molar-refractivity contribution is 0.449. The molecule has 12 aromatic rings. The molecule has 0 fully saturated rings. The molecule has 9 aromatic carbocycles. The molecule has 0 aliphatic carbocycles. The Morgan fingerprint density at radius 2 is 0.717 bits per heavy atom. The highest BCUT2D eigenvalue weighted by Crippen LogP contribution is 2.63. The molecule has 0 N–H and O–H groups in total. The summed E-state index contributed by atoms with van der Waals surface area (Å²) in [7, 11) is 0. The van der Waals surface area contributed by atoms with Gasteiger partial charge >= 0.3 is 0 Å². The Labute approximate surface area is 343 Å². The van der Waals surface area contributed by atoms with Crippen molar-refractivity contribution in [3.05, 3.63) is 194 Å². The zero-order valence-electron chi connectivity index (χ0n) is 32.1. The monoisotopic (exact) mass is 768 g/mol. The van der Waals surface area contributed by atoms with Crippen LogP contribution in [-0.4, -0.2) is 13.7 Å². The lowest BCUT2D eigenvalue weighted by Crippen LogP contribution is -2.21. The minimum atomic E-state index is 0.748. The van der Waals surface area contributed by atoms with E-state index in [9.17, 15) is 0 Å². The fourth-order valence-corrected chi connectivity index (χ4v) is 10.1. The molecule has 0 radical (unpaired) electrons. The second kappa shape index (κ2) is 11.7. The van der Waals surface area contributed by atoms with Gasteiger partial charge in [0.15, 0.2) is 23.0 Å². The van der Waals surface area contributed by atoms with E-state index in [1.54, 1.807) is 0 Å². The fraction of sp³-hybridized carbons (Fsp3) is 0. The summed E-state index contributed by atoms with van der Waals surface area (Å²) in [5.74, 6) is 3.05. The molecule has 6 heteroatoms. The molecule has 280 valence electrons. The molecule has 0 bridgehead atoms.